The molecule has 0 saturated carbocycles. The molecule has 1 saturated heterocycles. The quantitative estimate of drug-likeness (QED) is 0.798. The molecule has 0 unspecified atom stereocenters. The highest BCUT2D eigenvalue weighted by Crippen LogP contribution is 2.04. The number of carbonyl (C=O) groups excluding carboxylic acids is 1. The van der Waals surface area contributed by atoms with Crippen molar-refractivity contribution in [1.29, 1.82) is 0 Å². The summed E-state index contributed by atoms with van der Waals surface area (Å²) in [6, 6.07) is 9.60. The lowest BCUT2D eigenvalue weighted by Gasteiger charge is -2.26. The number of imidazole rings is 1. The fraction of sp³-hybridized carbons (Fsp3) is 0.412. The second-order valence-corrected chi connectivity index (χ2v) is 5.76. The van der Waals surface area contributed by atoms with Crippen LogP contribution in [0.1, 0.15) is 16.1 Å². The Bertz CT molecular complexity index is 717. The predicted molar refractivity (Wildman–Crippen MR) is 90.2 cm³/mol. The van der Waals surface area contributed by atoms with Crippen molar-refractivity contribution in [3.8, 4) is 0 Å². The molecule has 24 heavy (non-hydrogen) atoms. The Kier molecular flexibility index (Phi) is 5.45. The Hall–Kier alpha value is -2.38. The Morgan fingerprint density at radius 3 is 2.71 bits per heavy atom. The van der Waals surface area contributed by atoms with E-state index in [1.165, 1.54) is 10.8 Å². The number of H-pyrrole nitrogens is 1. The van der Waals surface area contributed by atoms with Gasteiger partial charge in [0.2, 0.25) is 0 Å². The highest BCUT2D eigenvalue weighted by Gasteiger charge is 2.15. The molecule has 1 fully saturated rings. The molecule has 1 aromatic heterocycles. The number of nitrogens with one attached hydrogen (secondary N) is 2. The van der Waals surface area contributed by atoms with Crippen molar-refractivity contribution >= 4 is 5.91 Å². The molecule has 0 bridgehead atoms. The third-order valence-electron chi connectivity index (χ3n) is 4.10. The molecule has 3 rings (SSSR count). The lowest BCUT2D eigenvalue weighted by molar-refractivity contribution is 0.0383. The molecule has 7 heteroatoms. The molecular formula is C17H22N4O3. The summed E-state index contributed by atoms with van der Waals surface area (Å²) in [6.07, 6.45) is 1.47. The summed E-state index contributed by atoms with van der Waals surface area (Å²) in [4.78, 5) is 29.2. The minimum absolute atomic E-state index is 0.238. The maximum atomic E-state index is 12.4. The summed E-state index contributed by atoms with van der Waals surface area (Å²) >= 11 is 0. The molecule has 1 aromatic carbocycles. The molecule has 2 heterocycles. The minimum Gasteiger partial charge on any atom is -0.379 e. The third kappa shape index (κ3) is 4.12. The average Bonchev–Trinajstić information content (AvgIpc) is 2.97. The molecule has 1 aliphatic rings. The SMILES string of the molecule is O=C(NCCN1CCOCC1)c1c[nH]c(=O)n1Cc1ccccc1. The van der Waals surface area contributed by atoms with E-state index in [0.29, 0.717) is 18.8 Å². The summed E-state index contributed by atoms with van der Waals surface area (Å²) in [6.45, 7) is 4.95. The fourth-order valence-corrected chi connectivity index (χ4v) is 2.75. The van der Waals surface area contributed by atoms with E-state index in [2.05, 4.69) is 15.2 Å². The molecular weight excluding hydrogens is 308 g/mol. The summed E-state index contributed by atoms with van der Waals surface area (Å²) in [5, 5.41) is 2.88. The van der Waals surface area contributed by atoms with E-state index in [1.54, 1.807) is 0 Å². The number of ether oxygens (including phenoxy) is 1. The summed E-state index contributed by atoms with van der Waals surface area (Å²) in [7, 11) is 0. The largest absolute Gasteiger partial charge is 0.379 e. The molecule has 1 amide bonds. The Balaban J connectivity index is 1.59. The Labute approximate surface area is 140 Å². The molecule has 0 atom stereocenters. The highest BCUT2D eigenvalue weighted by molar-refractivity contribution is 5.92. The molecule has 1 aliphatic heterocycles. The van der Waals surface area contributed by atoms with E-state index >= 15 is 0 Å². The number of benzene rings is 1. The van der Waals surface area contributed by atoms with Gasteiger partial charge in [0.05, 0.1) is 19.8 Å². The number of aromatic nitrogens is 2. The number of amides is 1. The highest BCUT2D eigenvalue weighted by atomic mass is 16.5. The molecule has 7 nitrogen and oxygen atoms in total. The van der Waals surface area contributed by atoms with Gasteiger partial charge in [-0.1, -0.05) is 30.3 Å². The summed E-state index contributed by atoms with van der Waals surface area (Å²) in [5.74, 6) is -0.238. The van der Waals surface area contributed by atoms with Gasteiger partial charge in [0.25, 0.3) is 5.91 Å². The fourth-order valence-electron chi connectivity index (χ4n) is 2.75. The van der Waals surface area contributed by atoms with Crippen LogP contribution in [0.15, 0.2) is 41.3 Å². The molecule has 0 radical (unpaired) electrons. The van der Waals surface area contributed by atoms with Gasteiger partial charge in [0.15, 0.2) is 0 Å². The van der Waals surface area contributed by atoms with Crippen LogP contribution in [0.5, 0.6) is 0 Å². The smallest absolute Gasteiger partial charge is 0.326 e. The van der Waals surface area contributed by atoms with Crippen molar-refractivity contribution in [2.24, 2.45) is 0 Å². The van der Waals surface area contributed by atoms with Gasteiger partial charge in [0, 0.05) is 32.4 Å². The number of hydrogen-bond acceptors (Lipinski definition) is 4. The predicted octanol–water partition coefficient (Wildman–Crippen LogP) is 0.287. The van der Waals surface area contributed by atoms with Gasteiger partial charge >= 0.3 is 5.69 Å². The Morgan fingerprint density at radius 1 is 1.21 bits per heavy atom. The first-order chi connectivity index (χ1) is 11.7. The Morgan fingerprint density at radius 2 is 1.96 bits per heavy atom. The summed E-state index contributed by atoms with van der Waals surface area (Å²) < 4.78 is 6.76. The van der Waals surface area contributed by atoms with Crippen LogP contribution in [-0.2, 0) is 11.3 Å². The van der Waals surface area contributed by atoms with Gasteiger partial charge in [-0.25, -0.2) is 4.79 Å². The zero-order valence-electron chi connectivity index (χ0n) is 13.5. The monoisotopic (exact) mass is 330 g/mol. The second-order valence-electron chi connectivity index (χ2n) is 5.76. The number of rotatable bonds is 6. The number of nitrogens with zero attached hydrogens (tertiary/aromatic N) is 2. The zero-order valence-corrected chi connectivity index (χ0v) is 13.5. The van der Waals surface area contributed by atoms with E-state index in [0.717, 1.165) is 38.4 Å². The van der Waals surface area contributed by atoms with Crippen LogP contribution in [0.2, 0.25) is 0 Å². The van der Waals surface area contributed by atoms with Crippen LogP contribution in [0.25, 0.3) is 0 Å². The van der Waals surface area contributed by atoms with Crippen molar-refractivity contribution in [2.45, 2.75) is 6.54 Å². The number of morpholine rings is 1. The van der Waals surface area contributed by atoms with Crippen LogP contribution >= 0.6 is 0 Å². The van der Waals surface area contributed by atoms with Crippen LogP contribution in [0, 0.1) is 0 Å². The van der Waals surface area contributed by atoms with Crippen molar-refractivity contribution in [3.05, 3.63) is 58.3 Å². The number of carbonyl (C=O) groups is 1. The van der Waals surface area contributed by atoms with Gasteiger partial charge in [-0.15, -0.1) is 0 Å². The molecule has 2 aromatic rings. The van der Waals surface area contributed by atoms with E-state index < -0.39 is 0 Å². The summed E-state index contributed by atoms with van der Waals surface area (Å²) in [5.41, 5.74) is 1.05. The molecule has 0 aliphatic carbocycles. The van der Waals surface area contributed by atoms with Crippen molar-refractivity contribution in [3.63, 3.8) is 0 Å². The van der Waals surface area contributed by atoms with E-state index in [4.69, 9.17) is 4.74 Å². The number of hydrogen-bond donors (Lipinski definition) is 2. The third-order valence-corrected chi connectivity index (χ3v) is 4.10. The van der Waals surface area contributed by atoms with Gasteiger partial charge in [-0.2, -0.15) is 0 Å². The molecule has 0 spiro atoms. The normalized spacial score (nSPS) is 15.3. The standard InChI is InChI=1S/C17H22N4O3/c22-16(18-6-7-20-8-10-24-11-9-20)15-12-19-17(23)21(15)13-14-4-2-1-3-5-14/h1-5,12H,6-11,13H2,(H,18,22)(H,19,23). The first kappa shape index (κ1) is 16.5. The van der Waals surface area contributed by atoms with Gasteiger partial charge in [0.1, 0.15) is 5.69 Å². The van der Waals surface area contributed by atoms with Crippen LogP contribution in [0.4, 0.5) is 0 Å². The zero-order chi connectivity index (χ0) is 16.8. The first-order valence-corrected chi connectivity index (χ1v) is 8.14. The topological polar surface area (TPSA) is 79.4 Å². The lowest BCUT2D eigenvalue weighted by Crippen LogP contribution is -2.41. The van der Waals surface area contributed by atoms with Crippen molar-refractivity contribution in [2.75, 3.05) is 39.4 Å². The van der Waals surface area contributed by atoms with Gasteiger partial charge < -0.3 is 15.0 Å². The maximum Gasteiger partial charge on any atom is 0.326 e. The van der Waals surface area contributed by atoms with Crippen LogP contribution in [-0.4, -0.2) is 59.8 Å². The molecule has 128 valence electrons. The lowest BCUT2D eigenvalue weighted by atomic mass is 10.2. The minimum atomic E-state index is -0.280. The average molecular weight is 330 g/mol. The second kappa shape index (κ2) is 7.94. The van der Waals surface area contributed by atoms with Crippen molar-refractivity contribution in [1.82, 2.24) is 19.8 Å². The van der Waals surface area contributed by atoms with Crippen molar-refractivity contribution < 1.29 is 9.53 Å². The first-order valence-electron chi connectivity index (χ1n) is 8.14. The van der Waals surface area contributed by atoms with Gasteiger partial charge in [-0.3, -0.25) is 14.3 Å². The van der Waals surface area contributed by atoms with E-state index in [-0.39, 0.29) is 11.6 Å². The van der Waals surface area contributed by atoms with Crippen LogP contribution < -0.4 is 11.0 Å². The maximum absolute atomic E-state index is 12.4. The van der Waals surface area contributed by atoms with Gasteiger partial charge in [-0.05, 0) is 5.56 Å². The van der Waals surface area contributed by atoms with E-state index in [1.807, 2.05) is 30.3 Å². The molecule has 2 N–H and O–H groups in total. The van der Waals surface area contributed by atoms with Crippen LogP contribution in [0.3, 0.4) is 0 Å². The number of aromatic amines is 1. The van der Waals surface area contributed by atoms with E-state index in [9.17, 15) is 9.59 Å².